The van der Waals surface area contributed by atoms with E-state index < -0.39 is 6.04 Å². The number of nitrogens with one attached hydrogen (secondary N) is 2. The number of hydrogen-bond donors (Lipinski definition) is 2. The Hall–Kier alpha value is -1.39. The van der Waals surface area contributed by atoms with E-state index in [4.69, 9.17) is 5.41 Å². The average Bonchev–Trinajstić information content (AvgIpc) is 2.75. The van der Waals surface area contributed by atoms with Gasteiger partial charge in [0.15, 0.2) is 0 Å². The third kappa shape index (κ3) is 1.94. The van der Waals surface area contributed by atoms with Crippen LogP contribution in [0.4, 0.5) is 0 Å². The largest absolute Gasteiger partial charge is 0.339 e. The van der Waals surface area contributed by atoms with Gasteiger partial charge in [0.25, 0.3) is 0 Å². The first-order chi connectivity index (χ1) is 7.59. The number of hydrogen-bond acceptors (Lipinski definition) is 3. The van der Waals surface area contributed by atoms with Gasteiger partial charge < -0.3 is 4.90 Å². The van der Waals surface area contributed by atoms with Gasteiger partial charge in [0.2, 0.25) is 11.8 Å². The average molecular weight is 223 g/mol. The van der Waals surface area contributed by atoms with Crippen LogP contribution in [0.3, 0.4) is 0 Å². The lowest BCUT2D eigenvalue weighted by Crippen LogP contribution is -2.59. The monoisotopic (exact) mass is 223 g/mol. The zero-order chi connectivity index (χ0) is 11.7. The summed E-state index contributed by atoms with van der Waals surface area (Å²) in [5.41, 5.74) is 0. The summed E-state index contributed by atoms with van der Waals surface area (Å²) in [4.78, 5) is 24.4. The molecule has 88 valence electrons. The van der Waals surface area contributed by atoms with Gasteiger partial charge in [0.1, 0.15) is 11.9 Å². The van der Waals surface area contributed by atoms with Crippen molar-refractivity contribution in [3.05, 3.63) is 0 Å². The highest BCUT2D eigenvalue weighted by Crippen LogP contribution is 2.27. The summed E-state index contributed by atoms with van der Waals surface area (Å²) in [6, 6.07) is -0.397. The van der Waals surface area contributed by atoms with E-state index in [0.29, 0.717) is 5.84 Å². The van der Waals surface area contributed by atoms with Crippen LogP contribution in [-0.4, -0.2) is 35.1 Å². The lowest BCUT2D eigenvalue weighted by atomic mass is 10.0. The summed E-state index contributed by atoms with van der Waals surface area (Å²) in [6.45, 7) is 1.88. The van der Waals surface area contributed by atoms with Crippen LogP contribution in [0.2, 0.25) is 0 Å². The second-order valence-electron chi connectivity index (χ2n) is 4.58. The molecule has 16 heavy (non-hydrogen) atoms. The van der Waals surface area contributed by atoms with E-state index in [1.165, 1.54) is 0 Å². The number of carbonyl (C=O) groups is 2. The first-order valence-corrected chi connectivity index (χ1v) is 5.78. The molecule has 2 aliphatic rings. The molecule has 5 nitrogen and oxygen atoms in total. The van der Waals surface area contributed by atoms with E-state index in [0.717, 1.165) is 25.7 Å². The fraction of sp³-hybridized carbons (Fsp3) is 0.727. The van der Waals surface area contributed by atoms with Gasteiger partial charge in [-0.05, 0) is 19.8 Å². The zero-order valence-corrected chi connectivity index (χ0v) is 9.45. The minimum Gasteiger partial charge on any atom is -0.339 e. The van der Waals surface area contributed by atoms with E-state index >= 15 is 0 Å². The maximum atomic E-state index is 11.5. The first-order valence-electron chi connectivity index (χ1n) is 5.78. The molecule has 1 unspecified atom stereocenters. The van der Waals surface area contributed by atoms with Crippen LogP contribution in [0, 0.1) is 11.3 Å². The van der Waals surface area contributed by atoms with Gasteiger partial charge in [-0.3, -0.25) is 20.3 Å². The number of nitrogens with zero attached hydrogens (tertiary/aromatic N) is 1. The van der Waals surface area contributed by atoms with Crippen LogP contribution in [0.25, 0.3) is 0 Å². The van der Waals surface area contributed by atoms with Crippen LogP contribution >= 0.6 is 0 Å². The van der Waals surface area contributed by atoms with Crippen molar-refractivity contribution in [2.24, 2.45) is 5.92 Å². The van der Waals surface area contributed by atoms with Gasteiger partial charge in [-0.1, -0.05) is 12.8 Å². The molecule has 1 saturated carbocycles. The molecule has 2 rings (SSSR count). The molecule has 1 heterocycles. The molecule has 0 radical (unpaired) electrons. The smallest absolute Gasteiger partial charge is 0.249 e. The van der Waals surface area contributed by atoms with E-state index in [2.05, 4.69) is 5.32 Å². The number of imide groups is 1. The maximum absolute atomic E-state index is 11.5. The van der Waals surface area contributed by atoms with E-state index in [-0.39, 0.29) is 24.3 Å². The van der Waals surface area contributed by atoms with Crippen molar-refractivity contribution in [2.45, 2.75) is 38.6 Å². The van der Waals surface area contributed by atoms with E-state index in [9.17, 15) is 9.59 Å². The van der Waals surface area contributed by atoms with Crippen LogP contribution < -0.4 is 5.32 Å². The van der Waals surface area contributed by atoms with Crippen molar-refractivity contribution in [3.63, 3.8) is 0 Å². The van der Waals surface area contributed by atoms with Crippen LogP contribution in [0.15, 0.2) is 0 Å². The molecular weight excluding hydrogens is 206 g/mol. The minimum atomic E-state index is -0.397. The summed E-state index contributed by atoms with van der Waals surface area (Å²) in [7, 11) is 0. The van der Waals surface area contributed by atoms with Gasteiger partial charge in [0.05, 0.1) is 6.54 Å². The minimum absolute atomic E-state index is 0.141. The second kappa shape index (κ2) is 4.23. The molecule has 0 aromatic carbocycles. The SMILES string of the molecule is CC1C(=O)NC(=O)CN1C(=N)C1CCCC1. The maximum Gasteiger partial charge on any atom is 0.249 e. The molecule has 0 aromatic heterocycles. The van der Waals surface area contributed by atoms with E-state index in [1.807, 2.05) is 0 Å². The van der Waals surface area contributed by atoms with Gasteiger partial charge in [-0.2, -0.15) is 0 Å². The molecule has 1 aliphatic heterocycles. The quantitative estimate of drug-likeness (QED) is 0.386. The Morgan fingerprint density at radius 1 is 1.38 bits per heavy atom. The Labute approximate surface area is 94.7 Å². The van der Waals surface area contributed by atoms with Gasteiger partial charge in [-0.15, -0.1) is 0 Å². The lowest BCUT2D eigenvalue weighted by molar-refractivity contribution is -0.137. The Morgan fingerprint density at radius 3 is 2.62 bits per heavy atom. The predicted octanol–water partition coefficient (Wildman–Crippen LogP) is 0.501. The van der Waals surface area contributed by atoms with Crippen LogP contribution in [0.1, 0.15) is 32.6 Å². The molecule has 1 aliphatic carbocycles. The number of carbonyl (C=O) groups excluding carboxylic acids is 2. The zero-order valence-electron chi connectivity index (χ0n) is 9.45. The molecule has 2 amide bonds. The Kier molecular flexibility index (Phi) is 2.94. The standard InChI is InChI=1S/C11H17N3O2/c1-7-11(16)13-9(15)6-14(7)10(12)8-4-2-3-5-8/h7-8,12H,2-6H2,1H3,(H,13,15,16). The lowest BCUT2D eigenvalue weighted by Gasteiger charge is -2.35. The summed E-state index contributed by atoms with van der Waals surface area (Å²) < 4.78 is 0. The summed E-state index contributed by atoms with van der Waals surface area (Å²) in [5.74, 6) is 0.110. The van der Waals surface area contributed by atoms with Crippen molar-refractivity contribution in [1.29, 1.82) is 5.41 Å². The molecule has 0 bridgehead atoms. The Bertz CT molecular complexity index is 334. The normalized spacial score (nSPS) is 27.1. The van der Waals surface area contributed by atoms with Crippen LogP contribution in [0.5, 0.6) is 0 Å². The highest BCUT2D eigenvalue weighted by Gasteiger charge is 2.35. The number of amides is 2. The third-order valence-electron chi connectivity index (χ3n) is 3.47. The molecule has 1 saturated heterocycles. The molecule has 2 fully saturated rings. The second-order valence-corrected chi connectivity index (χ2v) is 4.58. The van der Waals surface area contributed by atoms with Crippen molar-refractivity contribution in [3.8, 4) is 0 Å². The summed E-state index contributed by atoms with van der Waals surface area (Å²) in [6.07, 6.45) is 4.32. The molecule has 2 N–H and O–H groups in total. The topological polar surface area (TPSA) is 73.3 Å². The van der Waals surface area contributed by atoms with Crippen molar-refractivity contribution >= 4 is 17.6 Å². The van der Waals surface area contributed by atoms with Gasteiger partial charge >= 0.3 is 0 Å². The predicted molar refractivity (Wildman–Crippen MR) is 59.0 cm³/mol. The summed E-state index contributed by atoms with van der Waals surface area (Å²) >= 11 is 0. The molecule has 0 aromatic rings. The molecule has 1 atom stereocenters. The number of amidine groups is 1. The highest BCUT2D eigenvalue weighted by molar-refractivity contribution is 6.04. The van der Waals surface area contributed by atoms with Crippen LogP contribution in [-0.2, 0) is 9.59 Å². The summed E-state index contributed by atoms with van der Waals surface area (Å²) in [5, 5.41) is 10.4. The number of piperazine rings is 1. The van der Waals surface area contributed by atoms with Crippen molar-refractivity contribution in [1.82, 2.24) is 10.2 Å². The molecular formula is C11H17N3O2. The fourth-order valence-electron chi connectivity index (χ4n) is 2.44. The highest BCUT2D eigenvalue weighted by atomic mass is 16.2. The fourth-order valence-corrected chi connectivity index (χ4v) is 2.44. The molecule has 0 spiro atoms. The first kappa shape index (κ1) is 11.1. The number of rotatable bonds is 1. The van der Waals surface area contributed by atoms with Gasteiger partial charge in [0, 0.05) is 5.92 Å². The van der Waals surface area contributed by atoms with Crippen molar-refractivity contribution < 1.29 is 9.59 Å². The van der Waals surface area contributed by atoms with Crippen molar-refractivity contribution in [2.75, 3.05) is 6.54 Å². The van der Waals surface area contributed by atoms with Gasteiger partial charge in [-0.25, -0.2) is 0 Å². The Morgan fingerprint density at radius 2 is 2.00 bits per heavy atom. The van der Waals surface area contributed by atoms with E-state index in [1.54, 1.807) is 11.8 Å². The Balaban J connectivity index is 2.09. The third-order valence-corrected chi connectivity index (χ3v) is 3.47. The molecule has 5 heteroatoms.